The van der Waals surface area contributed by atoms with Gasteiger partial charge in [-0.2, -0.15) is 5.10 Å². The second-order valence-electron chi connectivity index (χ2n) is 6.17. The Balaban J connectivity index is 1.68. The summed E-state index contributed by atoms with van der Waals surface area (Å²) in [5.74, 6) is -0.598. The highest BCUT2D eigenvalue weighted by atomic mass is 16.4. The Hall–Kier alpha value is -2.70. The summed E-state index contributed by atoms with van der Waals surface area (Å²) in [4.78, 5) is 29.2. The van der Waals surface area contributed by atoms with Gasteiger partial charge in [0.1, 0.15) is 12.7 Å². The van der Waals surface area contributed by atoms with Crippen LogP contribution in [0.5, 0.6) is 0 Å². The molecule has 3 rings (SSSR count). The minimum atomic E-state index is -0.765. The molecule has 0 unspecified atom stereocenters. The Labute approximate surface area is 139 Å². The Morgan fingerprint density at radius 1 is 1.29 bits per heavy atom. The van der Waals surface area contributed by atoms with E-state index in [1.54, 1.807) is 17.1 Å². The highest BCUT2D eigenvalue weighted by Gasteiger charge is 2.25. The fraction of sp³-hybridized carbons (Fsp3) is 0.412. The molecule has 0 aliphatic carbocycles. The van der Waals surface area contributed by atoms with Gasteiger partial charge in [0.05, 0.1) is 5.69 Å². The molecule has 0 atom stereocenters. The van der Waals surface area contributed by atoms with Crippen LogP contribution in [-0.4, -0.2) is 49.7 Å². The van der Waals surface area contributed by atoms with Crippen LogP contribution in [0.3, 0.4) is 0 Å². The molecule has 1 saturated heterocycles. The molecule has 1 fully saturated rings. The van der Waals surface area contributed by atoms with Crippen LogP contribution >= 0.6 is 0 Å². The van der Waals surface area contributed by atoms with Crippen molar-refractivity contribution in [2.45, 2.75) is 26.2 Å². The smallest absolute Gasteiger partial charge is 0.303 e. The van der Waals surface area contributed by atoms with Crippen LogP contribution in [-0.2, 0) is 4.79 Å². The van der Waals surface area contributed by atoms with E-state index in [1.165, 1.54) is 6.33 Å². The molecule has 1 aromatic heterocycles. The normalized spacial score (nSPS) is 15.5. The van der Waals surface area contributed by atoms with E-state index in [4.69, 9.17) is 5.11 Å². The van der Waals surface area contributed by atoms with Gasteiger partial charge in [-0.05, 0) is 49.4 Å². The number of benzene rings is 1. The van der Waals surface area contributed by atoms with E-state index in [9.17, 15) is 9.59 Å². The van der Waals surface area contributed by atoms with Crippen molar-refractivity contribution in [2.24, 2.45) is 5.92 Å². The van der Waals surface area contributed by atoms with E-state index >= 15 is 0 Å². The number of hydrogen-bond donors (Lipinski definition) is 1. The number of aromatic nitrogens is 3. The Bertz CT molecular complexity index is 734. The third-order valence-electron chi connectivity index (χ3n) is 4.47. The zero-order valence-corrected chi connectivity index (χ0v) is 13.6. The molecule has 1 N–H and O–H groups in total. The number of carbonyl (C=O) groups is 2. The number of carbonyl (C=O) groups excluding carboxylic acids is 1. The fourth-order valence-electron chi connectivity index (χ4n) is 3.15. The standard InChI is InChI=1S/C17H20N4O3/c1-12-8-14(2-3-15(12)21-11-18-10-19-21)17(24)20-6-4-13(5-7-20)9-16(22)23/h2-3,8,10-11,13H,4-7,9H2,1H3,(H,22,23). The number of amides is 1. The van der Waals surface area contributed by atoms with Gasteiger partial charge in [0.25, 0.3) is 5.91 Å². The molecule has 7 heteroatoms. The van der Waals surface area contributed by atoms with Crippen molar-refractivity contribution in [3.63, 3.8) is 0 Å². The third kappa shape index (κ3) is 3.45. The highest BCUT2D eigenvalue weighted by Crippen LogP contribution is 2.23. The molecule has 7 nitrogen and oxygen atoms in total. The Kier molecular flexibility index (Phi) is 4.59. The predicted molar refractivity (Wildman–Crippen MR) is 87.0 cm³/mol. The molecule has 24 heavy (non-hydrogen) atoms. The van der Waals surface area contributed by atoms with Crippen molar-refractivity contribution >= 4 is 11.9 Å². The first kappa shape index (κ1) is 16.2. The first-order chi connectivity index (χ1) is 11.5. The fourth-order valence-corrected chi connectivity index (χ4v) is 3.15. The van der Waals surface area contributed by atoms with Crippen molar-refractivity contribution in [1.82, 2.24) is 19.7 Å². The summed E-state index contributed by atoms with van der Waals surface area (Å²) in [6.07, 6.45) is 4.77. The van der Waals surface area contributed by atoms with Crippen LogP contribution < -0.4 is 0 Å². The van der Waals surface area contributed by atoms with Gasteiger partial charge < -0.3 is 10.0 Å². The minimum absolute atomic E-state index is 0.00276. The summed E-state index contributed by atoms with van der Waals surface area (Å²) in [5, 5.41) is 13.0. The van der Waals surface area contributed by atoms with Crippen LogP contribution in [0.1, 0.15) is 35.2 Å². The monoisotopic (exact) mass is 328 g/mol. The van der Waals surface area contributed by atoms with Crippen LogP contribution in [0.25, 0.3) is 5.69 Å². The topological polar surface area (TPSA) is 88.3 Å². The number of piperidine rings is 1. The maximum absolute atomic E-state index is 12.7. The summed E-state index contributed by atoms with van der Waals surface area (Å²) in [7, 11) is 0. The van der Waals surface area contributed by atoms with Gasteiger partial charge in [-0.25, -0.2) is 9.67 Å². The second kappa shape index (κ2) is 6.82. The lowest BCUT2D eigenvalue weighted by atomic mass is 9.93. The summed E-state index contributed by atoms with van der Waals surface area (Å²) in [6, 6.07) is 5.53. The molecule has 1 amide bonds. The first-order valence-corrected chi connectivity index (χ1v) is 8.01. The van der Waals surface area contributed by atoms with E-state index < -0.39 is 5.97 Å². The van der Waals surface area contributed by atoms with Gasteiger partial charge in [0.2, 0.25) is 0 Å². The molecular weight excluding hydrogens is 308 g/mol. The first-order valence-electron chi connectivity index (χ1n) is 8.01. The molecule has 0 radical (unpaired) electrons. The van der Waals surface area contributed by atoms with Crippen LogP contribution in [0.2, 0.25) is 0 Å². The van der Waals surface area contributed by atoms with Gasteiger partial charge in [0.15, 0.2) is 0 Å². The quantitative estimate of drug-likeness (QED) is 0.926. The number of rotatable bonds is 4. The van der Waals surface area contributed by atoms with E-state index in [-0.39, 0.29) is 18.2 Å². The van der Waals surface area contributed by atoms with E-state index in [0.29, 0.717) is 18.7 Å². The lowest BCUT2D eigenvalue weighted by Crippen LogP contribution is -2.38. The second-order valence-corrected chi connectivity index (χ2v) is 6.17. The molecule has 1 aliphatic rings. The maximum atomic E-state index is 12.7. The molecule has 0 bridgehead atoms. The zero-order chi connectivity index (χ0) is 17.1. The lowest BCUT2D eigenvalue weighted by Gasteiger charge is -2.31. The summed E-state index contributed by atoms with van der Waals surface area (Å²) >= 11 is 0. The Morgan fingerprint density at radius 2 is 2.04 bits per heavy atom. The van der Waals surface area contributed by atoms with Crippen molar-refractivity contribution in [3.8, 4) is 5.69 Å². The van der Waals surface area contributed by atoms with Gasteiger partial charge in [0, 0.05) is 25.1 Å². The third-order valence-corrected chi connectivity index (χ3v) is 4.47. The lowest BCUT2D eigenvalue weighted by molar-refractivity contribution is -0.138. The Morgan fingerprint density at radius 3 is 2.62 bits per heavy atom. The molecule has 0 spiro atoms. The maximum Gasteiger partial charge on any atom is 0.303 e. The van der Waals surface area contributed by atoms with Crippen LogP contribution in [0.4, 0.5) is 0 Å². The molecule has 1 aromatic carbocycles. The molecule has 2 heterocycles. The number of aryl methyl sites for hydroxylation is 1. The SMILES string of the molecule is Cc1cc(C(=O)N2CCC(CC(=O)O)CC2)ccc1-n1cncn1. The van der Waals surface area contributed by atoms with Crippen LogP contribution in [0, 0.1) is 12.8 Å². The van der Waals surface area contributed by atoms with E-state index in [1.807, 2.05) is 24.0 Å². The molecular formula is C17H20N4O3. The van der Waals surface area contributed by atoms with Crippen molar-refractivity contribution in [3.05, 3.63) is 42.0 Å². The summed E-state index contributed by atoms with van der Waals surface area (Å²) < 4.78 is 1.67. The van der Waals surface area contributed by atoms with Gasteiger partial charge >= 0.3 is 5.97 Å². The number of nitrogens with zero attached hydrogens (tertiary/aromatic N) is 4. The number of carboxylic acids is 1. The summed E-state index contributed by atoms with van der Waals surface area (Å²) in [6.45, 7) is 3.16. The molecule has 2 aromatic rings. The summed E-state index contributed by atoms with van der Waals surface area (Å²) in [5.41, 5.74) is 2.49. The molecule has 1 aliphatic heterocycles. The number of aliphatic carboxylic acids is 1. The largest absolute Gasteiger partial charge is 0.481 e. The van der Waals surface area contributed by atoms with Crippen molar-refractivity contribution < 1.29 is 14.7 Å². The number of carboxylic acid groups (broad SMARTS) is 1. The number of likely N-dealkylation sites (tertiary alicyclic amines) is 1. The van der Waals surface area contributed by atoms with E-state index in [0.717, 1.165) is 24.1 Å². The van der Waals surface area contributed by atoms with Gasteiger partial charge in [-0.1, -0.05) is 0 Å². The average molecular weight is 328 g/mol. The van der Waals surface area contributed by atoms with Crippen molar-refractivity contribution in [2.75, 3.05) is 13.1 Å². The molecule has 126 valence electrons. The predicted octanol–water partition coefficient (Wildman–Crippen LogP) is 1.90. The zero-order valence-electron chi connectivity index (χ0n) is 13.6. The van der Waals surface area contributed by atoms with Crippen LogP contribution in [0.15, 0.2) is 30.9 Å². The average Bonchev–Trinajstić information content (AvgIpc) is 3.08. The molecule has 0 saturated carbocycles. The number of hydrogen-bond acceptors (Lipinski definition) is 4. The van der Waals surface area contributed by atoms with E-state index in [2.05, 4.69) is 10.1 Å². The van der Waals surface area contributed by atoms with Crippen molar-refractivity contribution in [1.29, 1.82) is 0 Å². The highest BCUT2D eigenvalue weighted by molar-refractivity contribution is 5.94. The van der Waals surface area contributed by atoms with Gasteiger partial charge in [-0.15, -0.1) is 0 Å². The van der Waals surface area contributed by atoms with Gasteiger partial charge in [-0.3, -0.25) is 9.59 Å². The minimum Gasteiger partial charge on any atom is -0.481 e.